The third kappa shape index (κ3) is 5.07. The lowest BCUT2D eigenvalue weighted by molar-refractivity contribution is -0.146. The second-order valence-electron chi connectivity index (χ2n) is 8.68. The zero-order valence-electron chi connectivity index (χ0n) is 19.4. The van der Waals surface area contributed by atoms with E-state index in [0.29, 0.717) is 31.2 Å². The number of rotatable bonds is 7. The Morgan fingerprint density at radius 3 is 2.41 bits per heavy atom. The fourth-order valence-corrected chi connectivity index (χ4v) is 5.34. The average Bonchev–Trinajstić information content (AvgIpc) is 2.75. The lowest BCUT2D eigenvalue weighted by Gasteiger charge is -2.42. The number of methoxy groups -OCH3 is 1. The van der Waals surface area contributed by atoms with Gasteiger partial charge in [0.15, 0.2) is 0 Å². The number of morpholine rings is 1. The van der Waals surface area contributed by atoms with Crippen LogP contribution in [0.25, 0.3) is 0 Å². The van der Waals surface area contributed by atoms with E-state index in [2.05, 4.69) is 0 Å². The lowest BCUT2D eigenvalue weighted by atomic mass is 10.0. The molecule has 0 aliphatic carbocycles. The van der Waals surface area contributed by atoms with Gasteiger partial charge in [0.1, 0.15) is 5.75 Å². The summed E-state index contributed by atoms with van der Waals surface area (Å²) in [6.45, 7) is 9.21. The van der Waals surface area contributed by atoms with Crippen LogP contribution in [0.2, 0.25) is 0 Å². The zero-order chi connectivity index (χ0) is 23.5. The fourth-order valence-electron chi connectivity index (χ4n) is 3.79. The van der Waals surface area contributed by atoms with Gasteiger partial charge >= 0.3 is 0 Å². The summed E-state index contributed by atoms with van der Waals surface area (Å²) in [4.78, 5) is 15.0. The van der Waals surface area contributed by atoms with Crippen LogP contribution in [0.1, 0.15) is 31.4 Å². The number of nitrogens with zero attached hydrogens (tertiary/aromatic N) is 2. The van der Waals surface area contributed by atoms with Crippen LogP contribution in [0.3, 0.4) is 0 Å². The Morgan fingerprint density at radius 2 is 1.81 bits per heavy atom. The molecule has 0 atom stereocenters. The molecule has 8 heteroatoms. The number of anilines is 1. The van der Waals surface area contributed by atoms with Gasteiger partial charge in [-0.3, -0.25) is 9.10 Å². The molecule has 0 spiro atoms. The van der Waals surface area contributed by atoms with Crippen molar-refractivity contribution in [2.24, 2.45) is 0 Å². The van der Waals surface area contributed by atoms with Crippen LogP contribution in [0.5, 0.6) is 5.75 Å². The summed E-state index contributed by atoms with van der Waals surface area (Å²) >= 11 is 0. The van der Waals surface area contributed by atoms with Gasteiger partial charge in [-0.15, -0.1) is 0 Å². The van der Waals surface area contributed by atoms with E-state index in [-0.39, 0.29) is 23.8 Å². The van der Waals surface area contributed by atoms with Gasteiger partial charge < -0.3 is 14.4 Å². The maximum atomic E-state index is 13.6. The number of carbonyl (C=O) groups excluding carboxylic acids is 1. The van der Waals surface area contributed by atoms with E-state index in [9.17, 15) is 13.2 Å². The summed E-state index contributed by atoms with van der Waals surface area (Å²) in [7, 11) is -2.31. The van der Waals surface area contributed by atoms with Gasteiger partial charge in [0.05, 0.1) is 36.4 Å². The number of benzene rings is 2. The third-order valence-electron chi connectivity index (χ3n) is 5.90. The quantitative estimate of drug-likeness (QED) is 0.632. The summed E-state index contributed by atoms with van der Waals surface area (Å²) in [5, 5.41) is 0. The molecule has 0 bridgehead atoms. The number of sulfonamides is 1. The molecule has 0 saturated carbocycles. The normalized spacial score (nSPS) is 16.0. The van der Waals surface area contributed by atoms with Crippen molar-refractivity contribution in [1.29, 1.82) is 0 Å². The summed E-state index contributed by atoms with van der Waals surface area (Å²) in [6.07, 6.45) is 0.0690. The highest BCUT2D eigenvalue weighted by Gasteiger charge is 2.35. The minimum absolute atomic E-state index is 0.0356. The molecule has 1 amide bonds. The van der Waals surface area contributed by atoms with Crippen LogP contribution < -0.4 is 9.04 Å². The van der Waals surface area contributed by atoms with Crippen molar-refractivity contribution in [2.45, 2.75) is 44.6 Å². The molecule has 2 aromatic carbocycles. The van der Waals surface area contributed by atoms with Crippen LogP contribution in [-0.4, -0.2) is 58.2 Å². The fraction of sp³-hybridized carbons (Fsp3) is 0.458. The van der Waals surface area contributed by atoms with Crippen LogP contribution >= 0.6 is 0 Å². The predicted octanol–water partition coefficient (Wildman–Crippen LogP) is 3.53. The van der Waals surface area contributed by atoms with E-state index >= 15 is 0 Å². The van der Waals surface area contributed by atoms with E-state index in [4.69, 9.17) is 9.47 Å². The smallest absolute Gasteiger partial charge is 0.264 e. The maximum absolute atomic E-state index is 13.6. The summed E-state index contributed by atoms with van der Waals surface area (Å²) in [5.74, 6) is 0.538. The molecule has 1 aliphatic heterocycles. The number of aryl methyl sites for hydroxylation is 2. The molecular formula is C24H32N2O5S. The number of hydrogen-bond donors (Lipinski definition) is 0. The Bertz CT molecular complexity index is 1060. The highest BCUT2D eigenvalue weighted by Crippen LogP contribution is 2.28. The molecule has 1 aliphatic rings. The summed E-state index contributed by atoms with van der Waals surface area (Å²) < 4.78 is 39.3. The Hall–Kier alpha value is -2.58. The molecule has 7 nitrogen and oxygen atoms in total. The molecule has 2 aromatic rings. The molecule has 0 aromatic heterocycles. The van der Waals surface area contributed by atoms with Gasteiger partial charge in [-0.2, -0.15) is 0 Å². The van der Waals surface area contributed by atoms with E-state index < -0.39 is 15.6 Å². The second-order valence-corrected chi connectivity index (χ2v) is 10.5. The molecule has 1 fully saturated rings. The highest BCUT2D eigenvalue weighted by atomic mass is 32.2. The monoisotopic (exact) mass is 460 g/mol. The minimum Gasteiger partial charge on any atom is -0.497 e. The first-order chi connectivity index (χ1) is 15.1. The second kappa shape index (κ2) is 9.50. The van der Waals surface area contributed by atoms with Crippen molar-refractivity contribution in [2.75, 3.05) is 37.7 Å². The molecule has 0 N–H and O–H groups in total. The van der Waals surface area contributed by atoms with Crippen molar-refractivity contribution < 1.29 is 22.7 Å². The van der Waals surface area contributed by atoms with E-state index in [1.807, 2.05) is 27.7 Å². The molecular weight excluding hydrogens is 428 g/mol. The minimum atomic E-state index is -3.87. The number of hydrogen-bond acceptors (Lipinski definition) is 5. The number of amides is 1. The third-order valence-corrected chi connectivity index (χ3v) is 7.73. The molecule has 1 heterocycles. The largest absolute Gasteiger partial charge is 0.497 e. The van der Waals surface area contributed by atoms with Crippen LogP contribution in [0.15, 0.2) is 47.4 Å². The first-order valence-electron chi connectivity index (χ1n) is 10.7. The molecule has 32 heavy (non-hydrogen) atoms. The Morgan fingerprint density at radius 1 is 1.12 bits per heavy atom. The molecule has 3 rings (SSSR count). The topological polar surface area (TPSA) is 76.2 Å². The van der Waals surface area contributed by atoms with Crippen molar-refractivity contribution in [3.8, 4) is 5.75 Å². The van der Waals surface area contributed by atoms with E-state index in [1.165, 1.54) is 4.31 Å². The van der Waals surface area contributed by atoms with Gasteiger partial charge in [-0.05, 0) is 75.2 Å². The average molecular weight is 461 g/mol. The predicted molar refractivity (Wildman–Crippen MR) is 125 cm³/mol. The van der Waals surface area contributed by atoms with Crippen LogP contribution in [0, 0.1) is 13.8 Å². The molecule has 1 saturated heterocycles. The number of carbonyl (C=O) groups is 1. The standard InChI is InChI=1S/C24H32N2O5S/c1-18-6-11-22(16-19(18)2)32(28,29)26(20-7-9-21(30-5)10-8-20)13-12-23(27)25-14-15-31-17-24(25,3)4/h6-11,16H,12-15,17H2,1-5H3. The summed E-state index contributed by atoms with van der Waals surface area (Å²) in [6, 6.07) is 11.9. The SMILES string of the molecule is COc1ccc(N(CCC(=O)N2CCOCC2(C)C)S(=O)(=O)c2ccc(C)c(C)c2)cc1. The molecule has 0 unspecified atom stereocenters. The van der Waals surface area contributed by atoms with Crippen molar-refractivity contribution in [3.63, 3.8) is 0 Å². The highest BCUT2D eigenvalue weighted by molar-refractivity contribution is 7.92. The number of ether oxygens (including phenoxy) is 2. The van der Waals surface area contributed by atoms with E-state index in [1.54, 1.807) is 54.5 Å². The van der Waals surface area contributed by atoms with Crippen LogP contribution in [-0.2, 0) is 19.6 Å². The van der Waals surface area contributed by atoms with Gasteiger partial charge in [0.2, 0.25) is 5.91 Å². The first-order valence-corrected chi connectivity index (χ1v) is 12.1. The Labute approximate surface area is 191 Å². The summed E-state index contributed by atoms with van der Waals surface area (Å²) in [5.41, 5.74) is 1.97. The Kier molecular flexibility index (Phi) is 7.15. The van der Waals surface area contributed by atoms with Crippen molar-refractivity contribution in [3.05, 3.63) is 53.6 Å². The molecule has 0 radical (unpaired) electrons. The molecule has 174 valence electrons. The van der Waals surface area contributed by atoms with Crippen molar-refractivity contribution >= 4 is 21.6 Å². The van der Waals surface area contributed by atoms with Gasteiger partial charge in [-0.1, -0.05) is 6.07 Å². The lowest BCUT2D eigenvalue weighted by Crippen LogP contribution is -2.56. The Balaban J connectivity index is 1.91. The maximum Gasteiger partial charge on any atom is 0.264 e. The zero-order valence-corrected chi connectivity index (χ0v) is 20.2. The van der Waals surface area contributed by atoms with Crippen molar-refractivity contribution in [1.82, 2.24) is 4.90 Å². The van der Waals surface area contributed by atoms with Gasteiger partial charge in [0.25, 0.3) is 10.0 Å². The first kappa shape index (κ1) is 24.1. The van der Waals surface area contributed by atoms with Gasteiger partial charge in [0, 0.05) is 19.5 Å². The van der Waals surface area contributed by atoms with E-state index in [0.717, 1.165) is 11.1 Å². The van der Waals surface area contributed by atoms with Crippen LogP contribution in [0.4, 0.5) is 5.69 Å². The van der Waals surface area contributed by atoms with Gasteiger partial charge in [-0.25, -0.2) is 8.42 Å².